The van der Waals surface area contributed by atoms with Gasteiger partial charge in [0.1, 0.15) is 17.6 Å². The summed E-state index contributed by atoms with van der Waals surface area (Å²) in [6, 6.07) is 15.2. The third-order valence-electron chi connectivity index (χ3n) is 5.58. The van der Waals surface area contributed by atoms with E-state index < -0.39 is 0 Å². The van der Waals surface area contributed by atoms with Crippen molar-refractivity contribution in [3.8, 4) is 11.3 Å². The van der Waals surface area contributed by atoms with Crippen LogP contribution in [0.25, 0.3) is 11.3 Å². The van der Waals surface area contributed by atoms with E-state index in [2.05, 4.69) is 15.2 Å². The molecule has 2 atom stereocenters. The summed E-state index contributed by atoms with van der Waals surface area (Å²) in [6.45, 7) is 2.55. The number of nitrogens with one attached hydrogen (secondary N) is 1. The summed E-state index contributed by atoms with van der Waals surface area (Å²) < 4.78 is 11.1. The van der Waals surface area contributed by atoms with Gasteiger partial charge < -0.3 is 19.4 Å². The number of aromatic nitrogens is 1. The van der Waals surface area contributed by atoms with Gasteiger partial charge in [0.15, 0.2) is 5.11 Å². The highest BCUT2D eigenvalue weighted by molar-refractivity contribution is 7.80. The molecule has 2 aromatic heterocycles. The molecule has 6 nitrogen and oxygen atoms in total. The summed E-state index contributed by atoms with van der Waals surface area (Å²) in [5.41, 5.74) is 2.79. The predicted molar refractivity (Wildman–Crippen MR) is 127 cm³/mol. The van der Waals surface area contributed by atoms with E-state index in [1.165, 1.54) is 7.11 Å². The van der Waals surface area contributed by atoms with Crippen LogP contribution in [0.15, 0.2) is 59.1 Å². The van der Waals surface area contributed by atoms with E-state index in [0.29, 0.717) is 29.5 Å². The fourth-order valence-corrected chi connectivity index (χ4v) is 4.38. The lowest BCUT2D eigenvalue weighted by atomic mass is 10.0. The topological polar surface area (TPSA) is 67.6 Å². The van der Waals surface area contributed by atoms with Crippen LogP contribution in [0.4, 0.5) is 0 Å². The van der Waals surface area contributed by atoms with Crippen molar-refractivity contribution in [2.24, 2.45) is 0 Å². The highest BCUT2D eigenvalue weighted by Crippen LogP contribution is 2.40. The van der Waals surface area contributed by atoms with Crippen LogP contribution in [0.3, 0.4) is 0 Å². The lowest BCUT2D eigenvalue weighted by molar-refractivity contribution is -0.140. The highest BCUT2D eigenvalue weighted by atomic mass is 35.5. The van der Waals surface area contributed by atoms with Crippen molar-refractivity contribution in [3.05, 3.63) is 76.8 Å². The molecule has 32 heavy (non-hydrogen) atoms. The van der Waals surface area contributed by atoms with E-state index in [4.69, 9.17) is 33.0 Å². The molecule has 1 aliphatic heterocycles. The van der Waals surface area contributed by atoms with Gasteiger partial charge in [-0.2, -0.15) is 0 Å². The molecule has 0 radical (unpaired) electrons. The molecule has 0 spiro atoms. The number of carbonyl (C=O) groups excluding carboxylic acids is 1. The molecule has 8 heteroatoms. The molecular weight excluding hydrogens is 446 g/mol. The highest BCUT2D eigenvalue weighted by Gasteiger charge is 2.41. The van der Waals surface area contributed by atoms with Crippen LogP contribution in [0.2, 0.25) is 5.02 Å². The fraction of sp³-hybridized carbons (Fsp3) is 0.292. The molecule has 1 saturated heterocycles. The Labute approximate surface area is 197 Å². The Hall–Kier alpha value is -2.90. The zero-order valence-corrected chi connectivity index (χ0v) is 19.4. The Balaban J connectivity index is 1.65. The second-order valence-electron chi connectivity index (χ2n) is 7.67. The molecule has 0 amide bonds. The molecular formula is C24H24ClN3O3S. The Kier molecular flexibility index (Phi) is 6.77. The number of hydrogen-bond donors (Lipinski definition) is 1. The maximum Gasteiger partial charge on any atom is 0.305 e. The van der Waals surface area contributed by atoms with Gasteiger partial charge in [-0.3, -0.25) is 9.78 Å². The minimum absolute atomic E-state index is 0.178. The quantitative estimate of drug-likeness (QED) is 0.375. The van der Waals surface area contributed by atoms with Crippen molar-refractivity contribution in [1.29, 1.82) is 0 Å². The van der Waals surface area contributed by atoms with Gasteiger partial charge in [-0.1, -0.05) is 29.8 Å². The van der Waals surface area contributed by atoms with E-state index in [9.17, 15) is 4.79 Å². The van der Waals surface area contributed by atoms with Gasteiger partial charge >= 0.3 is 5.97 Å². The zero-order valence-electron chi connectivity index (χ0n) is 17.9. The van der Waals surface area contributed by atoms with Crippen molar-refractivity contribution in [3.63, 3.8) is 0 Å². The van der Waals surface area contributed by atoms with E-state index in [0.717, 1.165) is 28.3 Å². The fourth-order valence-electron chi connectivity index (χ4n) is 3.86. The number of hydrogen-bond acceptors (Lipinski definition) is 5. The third kappa shape index (κ3) is 4.64. The van der Waals surface area contributed by atoms with Crippen LogP contribution in [0.5, 0.6) is 0 Å². The van der Waals surface area contributed by atoms with Crippen molar-refractivity contribution in [1.82, 2.24) is 15.2 Å². The van der Waals surface area contributed by atoms with E-state index in [1.54, 1.807) is 6.20 Å². The Morgan fingerprint density at radius 1 is 1.28 bits per heavy atom. The minimum atomic E-state index is -0.238. The minimum Gasteiger partial charge on any atom is -0.469 e. The third-order valence-corrected chi connectivity index (χ3v) is 6.34. The van der Waals surface area contributed by atoms with Crippen molar-refractivity contribution in [2.75, 3.05) is 13.7 Å². The number of thiocarbonyl (C=S) groups is 1. The van der Waals surface area contributed by atoms with Crippen LogP contribution in [-0.4, -0.2) is 34.6 Å². The molecule has 0 saturated carbocycles. The van der Waals surface area contributed by atoms with Gasteiger partial charge in [0.05, 0.1) is 18.8 Å². The van der Waals surface area contributed by atoms with Crippen LogP contribution in [0, 0.1) is 6.92 Å². The van der Waals surface area contributed by atoms with Gasteiger partial charge in [-0.15, -0.1) is 0 Å². The number of rotatable bonds is 7. The van der Waals surface area contributed by atoms with Gasteiger partial charge in [0, 0.05) is 29.7 Å². The van der Waals surface area contributed by atoms with Crippen molar-refractivity contribution >= 4 is 34.9 Å². The number of ether oxygens (including phenoxy) is 1. The van der Waals surface area contributed by atoms with Crippen LogP contribution >= 0.6 is 23.8 Å². The maximum atomic E-state index is 11.6. The van der Waals surface area contributed by atoms with Crippen LogP contribution in [-0.2, 0) is 9.53 Å². The molecule has 4 rings (SSSR count). The average Bonchev–Trinajstić information content (AvgIpc) is 3.41. The first-order valence-electron chi connectivity index (χ1n) is 10.4. The molecule has 0 bridgehead atoms. The Morgan fingerprint density at radius 2 is 2.12 bits per heavy atom. The van der Waals surface area contributed by atoms with Gasteiger partial charge in [0.2, 0.25) is 0 Å². The molecule has 1 fully saturated rings. The molecule has 3 aromatic rings. The number of furan rings is 1. The second-order valence-corrected chi connectivity index (χ2v) is 8.46. The van der Waals surface area contributed by atoms with Gasteiger partial charge in [-0.05, 0) is 61.5 Å². The SMILES string of the molecule is COC(=O)CCCN1C(=S)N[C@@H](c2ccccn2)[C@@H]1c1ccc(-c2ccc(C)c(Cl)c2)o1. The van der Waals surface area contributed by atoms with Crippen molar-refractivity contribution < 1.29 is 13.9 Å². The number of esters is 1. The summed E-state index contributed by atoms with van der Waals surface area (Å²) in [7, 11) is 1.39. The number of nitrogens with zero attached hydrogens (tertiary/aromatic N) is 2. The molecule has 1 aromatic carbocycles. The normalized spacial score (nSPS) is 18.0. The zero-order chi connectivity index (χ0) is 22.7. The number of pyridine rings is 1. The lowest BCUT2D eigenvalue weighted by Crippen LogP contribution is -2.30. The smallest absolute Gasteiger partial charge is 0.305 e. The number of carbonyl (C=O) groups is 1. The predicted octanol–water partition coefficient (Wildman–Crippen LogP) is 5.23. The molecule has 0 aliphatic carbocycles. The molecule has 3 heterocycles. The summed E-state index contributed by atoms with van der Waals surface area (Å²) >= 11 is 12.0. The van der Waals surface area contributed by atoms with E-state index in [-0.39, 0.29) is 18.1 Å². The Morgan fingerprint density at radius 3 is 2.84 bits per heavy atom. The van der Waals surface area contributed by atoms with E-state index in [1.807, 2.05) is 55.5 Å². The average molecular weight is 470 g/mol. The molecule has 166 valence electrons. The summed E-state index contributed by atoms with van der Waals surface area (Å²) in [5.74, 6) is 1.25. The maximum absolute atomic E-state index is 11.6. The molecule has 1 aliphatic rings. The van der Waals surface area contributed by atoms with Crippen molar-refractivity contribution in [2.45, 2.75) is 31.8 Å². The monoisotopic (exact) mass is 469 g/mol. The van der Waals surface area contributed by atoms with Gasteiger partial charge in [0.25, 0.3) is 0 Å². The first-order chi connectivity index (χ1) is 15.5. The number of methoxy groups -OCH3 is 1. The number of aryl methyl sites for hydroxylation is 1. The Bertz CT molecular complexity index is 1120. The van der Waals surface area contributed by atoms with Gasteiger partial charge in [-0.25, -0.2) is 0 Å². The summed E-state index contributed by atoms with van der Waals surface area (Å²) in [5, 5.41) is 4.68. The lowest BCUT2D eigenvalue weighted by Gasteiger charge is -2.25. The first-order valence-corrected chi connectivity index (χ1v) is 11.2. The number of benzene rings is 1. The van der Waals surface area contributed by atoms with Crippen LogP contribution in [0.1, 0.15) is 41.9 Å². The van der Waals surface area contributed by atoms with E-state index >= 15 is 0 Å². The summed E-state index contributed by atoms with van der Waals surface area (Å²) in [4.78, 5) is 18.2. The number of halogens is 1. The summed E-state index contributed by atoms with van der Waals surface area (Å²) in [6.07, 6.45) is 2.70. The molecule has 0 unspecified atom stereocenters. The second kappa shape index (κ2) is 9.71. The van der Waals surface area contributed by atoms with Crippen LogP contribution < -0.4 is 5.32 Å². The largest absolute Gasteiger partial charge is 0.469 e. The molecule has 1 N–H and O–H groups in total. The first kappa shape index (κ1) is 22.3. The standard InChI is InChI=1S/C24H24ClN3O3S/c1-15-8-9-16(14-17(15)25)19-10-11-20(31-19)23-22(18-6-3-4-12-26-18)27-24(32)28(23)13-5-7-21(29)30-2/h3-4,6,8-12,14,22-23H,5,7,13H2,1-2H3,(H,27,32)/t22-,23-/m0/s1.